The fourth-order valence-electron chi connectivity index (χ4n) is 2.17. The molecule has 0 aliphatic heterocycles. The molecule has 2 aromatic heterocycles. The minimum absolute atomic E-state index is 0.0168. The molecule has 7 heteroatoms. The summed E-state index contributed by atoms with van der Waals surface area (Å²) < 4.78 is 1.34. The van der Waals surface area contributed by atoms with Crippen LogP contribution in [0.2, 0.25) is 0 Å². The molecule has 0 aliphatic carbocycles. The molecule has 0 radical (unpaired) electrons. The molecule has 1 aromatic carbocycles. The van der Waals surface area contributed by atoms with Gasteiger partial charge in [-0.3, -0.25) is 9.59 Å². The van der Waals surface area contributed by atoms with Crippen molar-refractivity contribution in [2.45, 2.75) is 26.8 Å². The lowest BCUT2D eigenvalue weighted by Gasteiger charge is -2.07. The maximum Gasteiger partial charge on any atom is 0.275 e. The van der Waals surface area contributed by atoms with Crippen LogP contribution in [0.1, 0.15) is 34.9 Å². The first-order valence-corrected chi connectivity index (χ1v) is 8.12. The van der Waals surface area contributed by atoms with Crippen LogP contribution in [0.4, 0.5) is 5.69 Å². The molecule has 118 valence electrons. The van der Waals surface area contributed by atoms with E-state index >= 15 is 0 Å². The number of carbonyl (C=O) groups is 1. The van der Waals surface area contributed by atoms with Crippen molar-refractivity contribution in [1.29, 1.82) is 0 Å². The molecule has 0 saturated carbocycles. The first kappa shape index (κ1) is 15.4. The number of nitrogens with one attached hydrogen (secondary N) is 1. The van der Waals surface area contributed by atoms with Gasteiger partial charge in [0.1, 0.15) is 5.01 Å². The van der Waals surface area contributed by atoms with Gasteiger partial charge in [-0.25, -0.2) is 4.98 Å². The van der Waals surface area contributed by atoms with Crippen molar-refractivity contribution in [2.24, 2.45) is 0 Å². The Morgan fingerprint density at radius 2 is 2.17 bits per heavy atom. The molecule has 0 spiro atoms. The number of Topliss-reactive ketones (excluding diaryl/α,β-unsaturated/α-hetero) is 1. The Morgan fingerprint density at radius 1 is 1.35 bits per heavy atom. The van der Waals surface area contributed by atoms with Crippen LogP contribution < -0.4 is 10.9 Å². The molecule has 2 heterocycles. The van der Waals surface area contributed by atoms with Crippen molar-refractivity contribution in [3.8, 4) is 0 Å². The van der Waals surface area contributed by atoms with Gasteiger partial charge < -0.3 is 5.32 Å². The quantitative estimate of drug-likeness (QED) is 0.728. The Morgan fingerprint density at radius 3 is 2.91 bits per heavy atom. The number of rotatable bonds is 5. The number of hydrogen-bond acceptors (Lipinski definition) is 6. The SMILES string of the molecule is CCc1nn2c(=O)cc(CNc3cccc(C(C)=O)c3)nc2s1. The van der Waals surface area contributed by atoms with Crippen LogP contribution in [0.15, 0.2) is 35.1 Å². The summed E-state index contributed by atoms with van der Waals surface area (Å²) in [6.45, 7) is 3.93. The van der Waals surface area contributed by atoms with Gasteiger partial charge in [-0.05, 0) is 25.5 Å². The van der Waals surface area contributed by atoms with Crippen molar-refractivity contribution in [1.82, 2.24) is 14.6 Å². The second kappa shape index (κ2) is 6.29. The van der Waals surface area contributed by atoms with E-state index in [0.29, 0.717) is 22.8 Å². The van der Waals surface area contributed by atoms with Crippen LogP contribution in [0, 0.1) is 0 Å². The number of ketones is 1. The Hall–Kier alpha value is -2.54. The summed E-state index contributed by atoms with van der Waals surface area (Å²) in [5.74, 6) is 0.0168. The summed E-state index contributed by atoms with van der Waals surface area (Å²) in [7, 11) is 0. The van der Waals surface area contributed by atoms with E-state index in [1.165, 1.54) is 28.8 Å². The van der Waals surface area contributed by atoms with E-state index in [1.807, 2.05) is 19.1 Å². The lowest BCUT2D eigenvalue weighted by atomic mass is 10.1. The Labute approximate surface area is 136 Å². The molecule has 0 bridgehead atoms. The summed E-state index contributed by atoms with van der Waals surface area (Å²) in [4.78, 5) is 28.5. The first-order chi connectivity index (χ1) is 11.1. The lowest BCUT2D eigenvalue weighted by molar-refractivity contribution is 0.101. The third kappa shape index (κ3) is 3.29. The third-order valence-corrected chi connectivity index (χ3v) is 4.44. The van der Waals surface area contributed by atoms with Gasteiger partial charge >= 0.3 is 0 Å². The summed E-state index contributed by atoms with van der Waals surface area (Å²) in [6, 6.07) is 8.73. The number of carbonyl (C=O) groups excluding carboxylic acids is 1. The van der Waals surface area contributed by atoms with Crippen molar-refractivity contribution in [2.75, 3.05) is 5.32 Å². The second-order valence-electron chi connectivity index (χ2n) is 5.12. The van der Waals surface area contributed by atoms with E-state index in [1.54, 1.807) is 12.1 Å². The highest BCUT2D eigenvalue weighted by Gasteiger charge is 2.08. The first-order valence-electron chi connectivity index (χ1n) is 7.30. The molecule has 23 heavy (non-hydrogen) atoms. The summed E-state index contributed by atoms with van der Waals surface area (Å²) in [5, 5.41) is 8.30. The van der Waals surface area contributed by atoms with Crippen LogP contribution in [0.25, 0.3) is 4.96 Å². The predicted molar refractivity (Wildman–Crippen MR) is 90.3 cm³/mol. The highest BCUT2D eigenvalue weighted by atomic mass is 32.1. The zero-order chi connectivity index (χ0) is 16.4. The second-order valence-corrected chi connectivity index (χ2v) is 6.16. The molecular weight excluding hydrogens is 312 g/mol. The van der Waals surface area contributed by atoms with Crippen LogP contribution >= 0.6 is 11.3 Å². The Kier molecular flexibility index (Phi) is 4.20. The highest BCUT2D eigenvalue weighted by molar-refractivity contribution is 7.16. The van der Waals surface area contributed by atoms with E-state index in [2.05, 4.69) is 15.4 Å². The van der Waals surface area contributed by atoms with Gasteiger partial charge in [0.05, 0.1) is 12.2 Å². The van der Waals surface area contributed by atoms with Gasteiger partial charge in [0.2, 0.25) is 4.96 Å². The molecule has 0 amide bonds. The molecule has 0 unspecified atom stereocenters. The molecule has 6 nitrogen and oxygen atoms in total. The molecule has 0 saturated heterocycles. The smallest absolute Gasteiger partial charge is 0.275 e. The fraction of sp³-hybridized carbons (Fsp3) is 0.250. The fourth-order valence-corrected chi connectivity index (χ4v) is 3.03. The standard InChI is InChI=1S/C16H16N4O2S/c1-3-14-19-20-15(22)8-13(18-16(20)23-14)9-17-12-6-4-5-11(7-12)10(2)21/h4-8,17H,3,9H2,1-2H3. The molecule has 0 fully saturated rings. The molecular formula is C16H16N4O2S. The Bertz CT molecular complexity index is 929. The van der Waals surface area contributed by atoms with E-state index in [-0.39, 0.29) is 11.3 Å². The van der Waals surface area contributed by atoms with Crippen molar-refractivity contribution >= 4 is 27.8 Å². The zero-order valence-electron chi connectivity index (χ0n) is 12.9. The highest BCUT2D eigenvalue weighted by Crippen LogP contribution is 2.14. The number of nitrogens with zero attached hydrogens (tertiary/aromatic N) is 3. The number of aromatic nitrogens is 3. The van der Waals surface area contributed by atoms with Crippen LogP contribution in [-0.2, 0) is 13.0 Å². The van der Waals surface area contributed by atoms with E-state index < -0.39 is 0 Å². The van der Waals surface area contributed by atoms with Gasteiger partial charge in [-0.15, -0.1) is 0 Å². The van der Waals surface area contributed by atoms with Crippen molar-refractivity contribution < 1.29 is 4.79 Å². The monoisotopic (exact) mass is 328 g/mol. The van der Waals surface area contributed by atoms with E-state index in [4.69, 9.17) is 0 Å². The summed E-state index contributed by atoms with van der Waals surface area (Å²) >= 11 is 1.42. The van der Waals surface area contributed by atoms with Crippen molar-refractivity contribution in [3.05, 3.63) is 57.0 Å². The zero-order valence-corrected chi connectivity index (χ0v) is 13.7. The van der Waals surface area contributed by atoms with Gasteiger partial charge in [0, 0.05) is 17.3 Å². The average molecular weight is 328 g/mol. The van der Waals surface area contributed by atoms with Crippen LogP contribution in [0.3, 0.4) is 0 Å². The maximum atomic E-state index is 12.1. The number of fused-ring (bicyclic) bond motifs is 1. The van der Waals surface area contributed by atoms with Gasteiger partial charge in [0.25, 0.3) is 5.56 Å². The average Bonchev–Trinajstić information content (AvgIpc) is 2.97. The predicted octanol–water partition coefficient (Wildman–Crippen LogP) is 2.53. The molecule has 3 rings (SSSR count). The van der Waals surface area contributed by atoms with E-state index in [0.717, 1.165) is 17.1 Å². The molecule has 0 aliphatic rings. The molecule has 1 N–H and O–H groups in total. The number of hydrogen-bond donors (Lipinski definition) is 1. The van der Waals surface area contributed by atoms with E-state index in [9.17, 15) is 9.59 Å². The Balaban J connectivity index is 1.83. The molecule has 0 atom stereocenters. The normalized spacial score (nSPS) is 10.9. The minimum Gasteiger partial charge on any atom is -0.379 e. The van der Waals surface area contributed by atoms with Crippen molar-refractivity contribution in [3.63, 3.8) is 0 Å². The van der Waals surface area contributed by atoms with Gasteiger partial charge in [-0.2, -0.15) is 9.61 Å². The molecule has 3 aromatic rings. The number of aryl methyl sites for hydroxylation is 1. The summed E-state index contributed by atoms with van der Waals surface area (Å²) in [5.41, 5.74) is 1.93. The minimum atomic E-state index is -0.180. The largest absolute Gasteiger partial charge is 0.379 e. The maximum absolute atomic E-state index is 12.1. The van der Waals surface area contributed by atoms with Crippen LogP contribution in [-0.4, -0.2) is 20.4 Å². The van der Waals surface area contributed by atoms with Crippen LogP contribution in [0.5, 0.6) is 0 Å². The number of benzene rings is 1. The lowest BCUT2D eigenvalue weighted by Crippen LogP contribution is -2.16. The number of anilines is 1. The van der Waals surface area contributed by atoms with Gasteiger partial charge in [-0.1, -0.05) is 30.4 Å². The third-order valence-electron chi connectivity index (χ3n) is 3.39. The topological polar surface area (TPSA) is 76.4 Å². The summed E-state index contributed by atoms with van der Waals surface area (Å²) in [6.07, 6.45) is 0.777. The van der Waals surface area contributed by atoms with Gasteiger partial charge in [0.15, 0.2) is 5.78 Å².